The number of ether oxygens (including phenoxy) is 1. The summed E-state index contributed by atoms with van der Waals surface area (Å²) >= 11 is 7.91. The highest BCUT2D eigenvalue weighted by molar-refractivity contribution is 7.15. The number of nitrogens with zero attached hydrogens (tertiary/aromatic N) is 3. The Balaban J connectivity index is 1.39. The fourth-order valence-electron chi connectivity index (χ4n) is 4.10. The number of aliphatic hydroxyl groups excluding tert-OH is 1. The molecule has 1 unspecified atom stereocenters. The molecule has 7 nitrogen and oxygen atoms in total. The molecule has 1 aliphatic carbocycles. The van der Waals surface area contributed by atoms with Crippen molar-refractivity contribution in [1.82, 2.24) is 14.9 Å². The van der Waals surface area contributed by atoms with Crippen molar-refractivity contribution in [2.75, 3.05) is 18.4 Å². The number of amides is 1. The number of rotatable bonds is 4. The number of hydrogen-bond donors (Lipinski definition) is 2. The first-order chi connectivity index (χ1) is 14.7. The van der Waals surface area contributed by atoms with Crippen LogP contribution in [0.5, 0.6) is 0 Å². The van der Waals surface area contributed by atoms with Crippen LogP contribution < -0.4 is 5.32 Å². The standard InChI is InChI=1S/C22H29ClN4O3S/c1-22(2,3)30-21(29)27-9-7-13(8-10-27)19(28)14-11-17(23)25-18(12-14)26-20-24-15-5-4-6-16(15)31-20/h11-13,19,28H,4-10H2,1-3H3,(H,24,25,26). The van der Waals surface area contributed by atoms with E-state index in [2.05, 4.69) is 15.3 Å². The van der Waals surface area contributed by atoms with Gasteiger partial charge in [0.15, 0.2) is 5.13 Å². The number of aromatic nitrogens is 2. The first kappa shape index (κ1) is 22.3. The molecule has 1 atom stereocenters. The highest BCUT2D eigenvalue weighted by Crippen LogP contribution is 2.35. The fraction of sp³-hybridized carbons (Fsp3) is 0.591. The number of fused-ring (bicyclic) bond motifs is 1. The van der Waals surface area contributed by atoms with Gasteiger partial charge in [-0.1, -0.05) is 11.6 Å². The number of nitrogens with one attached hydrogen (secondary N) is 1. The van der Waals surface area contributed by atoms with E-state index >= 15 is 0 Å². The van der Waals surface area contributed by atoms with Crippen LogP contribution in [-0.4, -0.2) is 44.8 Å². The Kier molecular flexibility index (Phi) is 6.42. The Hall–Kier alpha value is -1.90. The molecule has 0 radical (unpaired) electrons. The predicted octanol–water partition coefficient (Wildman–Crippen LogP) is 5.10. The lowest BCUT2D eigenvalue weighted by molar-refractivity contribution is 0.00767. The number of thiazole rings is 1. The second-order valence-corrected chi connectivity index (χ2v) is 10.7. The van der Waals surface area contributed by atoms with Gasteiger partial charge in [0.25, 0.3) is 0 Å². The summed E-state index contributed by atoms with van der Waals surface area (Å²) in [6, 6.07) is 3.54. The molecule has 0 spiro atoms. The summed E-state index contributed by atoms with van der Waals surface area (Å²) < 4.78 is 5.45. The van der Waals surface area contributed by atoms with E-state index in [-0.39, 0.29) is 12.0 Å². The Morgan fingerprint density at radius 3 is 2.71 bits per heavy atom. The summed E-state index contributed by atoms with van der Waals surface area (Å²) in [5, 5.41) is 15.4. The summed E-state index contributed by atoms with van der Waals surface area (Å²) in [5.74, 6) is 0.619. The highest BCUT2D eigenvalue weighted by Gasteiger charge is 2.31. The minimum atomic E-state index is -0.678. The van der Waals surface area contributed by atoms with Gasteiger partial charge in [0.1, 0.15) is 16.6 Å². The van der Waals surface area contributed by atoms with Gasteiger partial charge in [0.05, 0.1) is 11.8 Å². The summed E-state index contributed by atoms with van der Waals surface area (Å²) in [6.07, 6.45) is 3.71. The maximum Gasteiger partial charge on any atom is 0.410 e. The van der Waals surface area contributed by atoms with Crippen LogP contribution in [-0.2, 0) is 17.6 Å². The number of piperidine rings is 1. The molecule has 9 heteroatoms. The average molecular weight is 465 g/mol. The summed E-state index contributed by atoms with van der Waals surface area (Å²) in [5.41, 5.74) is 1.39. The molecular formula is C22H29ClN4O3S. The van der Waals surface area contributed by atoms with Gasteiger partial charge in [-0.15, -0.1) is 11.3 Å². The van der Waals surface area contributed by atoms with Crippen molar-refractivity contribution in [3.8, 4) is 0 Å². The van der Waals surface area contributed by atoms with Crippen molar-refractivity contribution in [2.45, 2.75) is 64.6 Å². The molecule has 1 saturated heterocycles. The zero-order valence-corrected chi connectivity index (χ0v) is 19.7. The summed E-state index contributed by atoms with van der Waals surface area (Å²) in [6.45, 7) is 6.70. The van der Waals surface area contributed by atoms with E-state index in [0.29, 0.717) is 36.9 Å². The van der Waals surface area contributed by atoms with Gasteiger partial charge in [-0.2, -0.15) is 0 Å². The molecule has 0 aromatic carbocycles. The van der Waals surface area contributed by atoms with E-state index in [1.54, 1.807) is 22.3 Å². The van der Waals surface area contributed by atoms with Crippen LogP contribution in [0.3, 0.4) is 0 Å². The lowest BCUT2D eigenvalue weighted by Crippen LogP contribution is -2.42. The largest absolute Gasteiger partial charge is 0.444 e. The number of aryl methyl sites for hydroxylation is 2. The molecule has 1 amide bonds. The maximum absolute atomic E-state index is 12.3. The van der Waals surface area contributed by atoms with Gasteiger partial charge in [0.2, 0.25) is 0 Å². The Bertz CT molecular complexity index is 929. The fourth-order valence-corrected chi connectivity index (χ4v) is 5.38. The van der Waals surface area contributed by atoms with E-state index in [1.807, 2.05) is 26.8 Å². The zero-order valence-electron chi connectivity index (χ0n) is 18.2. The molecule has 2 N–H and O–H groups in total. The van der Waals surface area contributed by atoms with Crippen LogP contribution in [0.2, 0.25) is 5.15 Å². The molecule has 4 rings (SSSR count). The van der Waals surface area contributed by atoms with Crippen LogP contribution in [0.1, 0.15) is 62.3 Å². The van der Waals surface area contributed by atoms with Crippen LogP contribution in [0, 0.1) is 5.92 Å². The molecule has 3 heterocycles. The van der Waals surface area contributed by atoms with Crippen LogP contribution >= 0.6 is 22.9 Å². The molecule has 168 valence electrons. The third kappa shape index (κ3) is 5.48. The SMILES string of the molecule is CC(C)(C)OC(=O)N1CCC(C(O)c2cc(Cl)nc(Nc3nc4c(s3)CCC4)c2)CC1. The third-order valence-corrected chi connectivity index (χ3v) is 6.89. The Morgan fingerprint density at radius 1 is 1.29 bits per heavy atom. The highest BCUT2D eigenvalue weighted by atomic mass is 35.5. The molecule has 1 aliphatic heterocycles. The number of pyridine rings is 1. The number of carbonyl (C=O) groups excluding carboxylic acids is 1. The molecule has 2 aliphatic rings. The van der Waals surface area contributed by atoms with Crippen LogP contribution in [0.15, 0.2) is 12.1 Å². The first-order valence-electron chi connectivity index (χ1n) is 10.8. The molecule has 0 bridgehead atoms. The molecule has 2 aromatic heterocycles. The van der Waals surface area contributed by atoms with Crippen molar-refractivity contribution in [3.05, 3.63) is 33.4 Å². The third-order valence-electron chi connectivity index (χ3n) is 5.63. The number of aliphatic hydroxyl groups is 1. The topological polar surface area (TPSA) is 87.6 Å². The van der Waals surface area contributed by atoms with E-state index < -0.39 is 11.7 Å². The van der Waals surface area contributed by atoms with Gasteiger partial charge < -0.3 is 20.1 Å². The predicted molar refractivity (Wildman–Crippen MR) is 122 cm³/mol. The molecular weight excluding hydrogens is 436 g/mol. The number of anilines is 2. The number of hydrogen-bond acceptors (Lipinski definition) is 7. The first-order valence-corrected chi connectivity index (χ1v) is 12.0. The minimum Gasteiger partial charge on any atom is -0.444 e. The lowest BCUT2D eigenvalue weighted by Gasteiger charge is -2.35. The van der Waals surface area contributed by atoms with Crippen molar-refractivity contribution in [3.63, 3.8) is 0 Å². The average Bonchev–Trinajstić information content (AvgIpc) is 3.27. The normalized spacial score (nSPS) is 18.0. The number of likely N-dealkylation sites (tertiary alicyclic amines) is 1. The van der Waals surface area contributed by atoms with Crippen molar-refractivity contribution in [2.24, 2.45) is 5.92 Å². The number of carbonyl (C=O) groups is 1. The van der Waals surface area contributed by atoms with Crippen molar-refractivity contribution < 1.29 is 14.6 Å². The second-order valence-electron chi connectivity index (χ2n) is 9.23. The van der Waals surface area contributed by atoms with Crippen molar-refractivity contribution >= 4 is 40.0 Å². The van der Waals surface area contributed by atoms with E-state index in [1.165, 1.54) is 17.0 Å². The summed E-state index contributed by atoms with van der Waals surface area (Å²) in [4.78, 5) is 24.3. The molecule has 0 saturated carbocycles. The van der Waals surface area contributed by atoms with Crippen molar-refractivity contribution in [1.29, 1.82) is 0 Å². The smallest absolute Gasteiger partial charge is 0.410 e. The van der Waals surface area contributed by atoms with Gasteiger partial charge >= 0.3 is 6.09 Å². The van der Waals surface area contributed by atoms with Gasteiger partial charge in [-0.3, -0.25) is 0 Å². The van der Waals surface area contributed by atoms with E-state index in [4.69, 9.17) is 16.3 Å². The van der Waals surface area contributed by atoms with Crippen LogP contribution in [0.25, 0.3) is 0 Å². The zero-order chi connectivity index (χ0) is 22.2. The maximum atomic E-state index is 12.3. The van der Waals surface area contributed by atoms with E-state index in [0.717, 1.165) is 23.5 Å². The quantitative estimate of drug-likeness (QED) is 0.611. The molecule has 31 heavy (non-hydrogen) atoms. The summed E-state index contributed by atoms with van der Waals surface area (Å²) in [7, 11) is 0. The lowest BCUT2D eigenvalue weighted by atomic mass is 9.88. The Labute approximate surface area is 191 Å². The van der Waals surface area contributed by atoms with Gasteiger partial charge in [-0.05, 0) is 76.5 Å². The van der Waals surface area contributed by atoms with Crippen LogP contribution in [0.4, 0.5) is 15.7 Å². The van der Waals surface area contributed by atoms with Gasteiger partial charge in [0, 0.05) is 18.0 Å². The minimum absolute atomic E-state index is 0.0358. The molecule has 1 fully saturated rings. The van der Waals surface area contributed by atoms with E-state index in [9.17, 15) is 9.90 Å². The number of halogens is 1. The molecule has 2 aromatic rings. The van der Waals surface area contributed by atoms with Gasteiger partial charge in [-0.25, -0.2) is 14.8 Å². The monoisotopic (exact) mass is 464 g/mol. The Morgan fingerprint density at radius 2 is 2.03 bits per heavy atom. The second kappa shape index (κ2) is 8.92.